The first-order chi connectivity index (χ1) is 12.6. The second kappa shape index (κ2) is 7.31. The van der Waals surface area contributed by atoms with Crippen molar-refractivity contribution in [1.29, 1.82) is 0 Å². The Balaban J connectivity index is 0.000000948. The molecule has 0 aliphatic carbocycles. The number of halogens is 1. The molecule has 0 saturated carbocycles. The first kappa shape index (κ1) is 17.5. The third-order valence-electron chi connectivity index (χ3n) is 3.98. The number of nitrogen functional groups attached to an aromatic ring is 1. The number of aromatic nitrogens is 4. The molecule has 0 amide bonds. The van der Waals surface area contributed by atoms with Crippen molar-refractivity contribution in [3.63, 3.8) is 0 Å². The normalized spacial score (nSPS) is 10.5. The van der Waals surface area contributed by atoms with Crippen LogP contribution in [0.25, 0.3) is 28.2 Å². The summed E-state index contributed by atoms with van der Waals surface area (Å²) in [5.41, 5.74) is 10.8. The molecule has 4 rings (SSSR count). The van der Waals surface area contributed by atoms with Crippen molar-refractivity contribution < 1.29 is 4.39 Å². The van der Waals surface area contributed by atoms with E-state index in [9.17, 15) is 4.39 Å². The number of hydrogen-bond donors (Lipinski definition) is 1. The predicted octanol–water partition coefficient (Wildman–Crippen LogP) is 4.51. The Morgan fingerprint density at radius 1 is 1.04 bits per heavy atom. The van der Waals surface area contributed by atoms with Gasteiger partial charge >= 0.3 is 0 Å². The van der Waals surface area contributed by atoms with E-state index < -0.39 is 0 Å². The Hall–Kier alpha value is -3.28. The van der Waals surface area contributed by atoms with Crippen LogP contribution in [0.2, 0.25) is 0 Å². The number of pyridine rings is 1. The molecule has 0 unspecified atom stereocenters. The molecule has 3 aromatic heterocycles. The standard InChI is InChI=1S/C18H14FN5.C2H6/c1-11-17(14-3-2-8-21-18(14)20)23-16-9-22-15(10-24(11)16)12-4-6-13(19)7-5-12;1-2/h2-10H,1H3,(H2,20,21);1-2H3. The summed E-state index contributed by atoms with van der Waals surface area (Å²) in [7, 11) is 0. The Morgan fingerprint density at radius 2 is 1.77 bits per heavy atom. The molecule has 26 heavy (non-hydrogen) atoms. The molecule has 4 aromatic rings. The molecule has 0 atom stereocenters. The minimum absolute atomic E-state index is 0.270. The Labute approximate surface area is 151 Å². The van der Waals surface area contributed by atoms with Crippen molar-refractivity contribution >= 4 is 11.5 Å². The number of anilines is 1. The predicted molar refractivity (Wildman–Crippen MR) is 102 cm³/mol. The summed E-state index contributed by atoms with van der Waals surface area (Å²) in [4.78, 5) is 13.2. The van der Waals surface area contributed by atoms with Gasteiger partial charge in [0.25, 0.3) is 0 Å². The molecule has 5 nitrogen and oxygen atoms in total. The Morgan fingerprint density at radius 3 is 2.46 bits per heavy atom. The minimum Gasteiger partial charge on any atom is -0.383 e. The molecule has 0 radical (unpaired) electrons. The van der Waals surface area contributed by atoms with Gasteiger partial charge in [-0.05, 0) is 43.3 Å². The molecule has 6 heteroatoms. The van der Waals surface area contributed by atoms with Crippen LogP contribution < -0.4 is 5.73 Å². The number of rotatable bonds is 2. The lowest BCUT2D eigenvalue weighted by Crippen LogP contribution is -1.95. The number of benzene rings is 1. The van der Waals surface area contributed by atoms with Gasteiger partial charge < -0.3 is 10.1 Å². The molecule has 0 aliphatic heterocycles. The largest absolute Gasteiger partial charge is 0.383 e. The van der Waals surface area contributed by atoms with Gasteiger partial charge in [0, 0.05) is 29.2 Å². The molecule has 0 bridgehead atoms. The fourth-order valence-corrected chi connectivity index (χ4v) is 2.71. The van der Waals surface area contributed by atoms with E-state index >= 15 is 0 Å². The smallest absolute Gasteiger partial charge is 0.156 e. The van der Waals surface area contributed by atoms with Crippen LogP contribution in [0.3, 0.4) is 0 Å². The third kappa shape index (κ3) is 3.13. The van der Waals surface area contributed by atoms with Crippen LogP contribution in [-0.4, -0.2) is 19.4 Å². The number of fused-ring (bicyclic) bond motifs is 1. The highest BCUT2D eigenvalue weighted by molar-refractivity contribution is 5.75. The maximum Gasteiger partial charge on any atom is 0.156 e. The van der Waals surface area contributed by atoms with Crippen molar-refractivity contribution in [2.45, 2.75) is 20.8 Å². The van der Waals surface area contributed by atoms with Gasteiger partial charge in [0.1, 0.15) is 11.6 Å². The summed E-state index contributed by atoms with van der Waals surface area (Å²) < 4.78 is 15.0. The average molecular weight is 349 g/mol. The SMILES string of the molecule is CC.Cc1c(-c2cccnc2N)nc2cnc(-c3ccc(F)cc3)cn12. The molecule has 3 heterocycles. The summed E-state index contributed by atoms with van der Waals surface area (Å²) >= 11 is 0. The van der Waals surface area contributed by atoms with Gasteiger partial charge in [0.2, 0.25) is 0 Å². The fourth-order valence-electron chi connectivity index (χ4n) is 2.71. The summed E-state index contributed by atoms with van der Waals surface area (Å²) in [5, 5.41) is 0. The zero-order valence-electron chi connectivity index (χ0n) is 14.9. The lowest BCUT2D eigenvalue weighted by Gasteiger charge is -2.04. The van der Waals surface area contributed by atoms with Gasteiger partial charge in [0.15, 0.2) is 5.65 Å². The molecule has 0 aliphatic rings. The van der Waals surface area contributed by atoms with Gasteiger partial charge in [-0.25, -0.2) is 14.4 Å². The Kier molecular flexibility index (Phi) is 4.93. The second-order valence-electron chi connectivity index (χ2n) is 5.49. The summed E-state index contributed by atoms with van der Waals surface area (Å²) in [6.07, 6.45) is 5.24. The molecule has 2 N–H and O–H groups in total. The van der Waals surface area contributed by atoms with Crippen molar-refractivity contribution in [2.24, 2.45) is 0 Å². The third-order valence-corrected chi connectivity index (χ3v) is 3.98. The molecule has 0 saturated heterocycles. The lowest BCUT2D eigenvalue weighted by atomic mass is 10.1. The summed E-state index contributed by atoms with van der Waals surface area (Å²) in [5.74, 6) is 0.170. The fraction of sp³-hybridized carbons (Fsp3) is 0.150. The van der Waals surface area contributed by atoms with E-state index in [2.05, 4.69) is 15.0 Å². The van der Waals surface area contributed by atoms with Crippen LogP contribution in [0.1, 0.15) is 19.5 Å². The number of imidazole rings is 1. The molecule has 132 valence electrons. The van der Waals surface area contributed by atoms with Crippen molar-refractivity contribution in [1.82, 2.24) is 19.4 Å². The summed E-state index contributed by atoms with van der Waals surface area (Å²) in [6, 6.07) is 9.97. The lowest BCUT2D eigenvalue weighted by molar-refractivity contribution is 0.628. The Bertz CT molecular complexity index is 1040. The van der Waals surface area contributed by atoms with Crippen LogP contribution in [0, 0.1) is 12.7 Å². The molecular weight excluding hydrogens is 329 g/mol. The van der Waals surface area contributed by atoms with E-state index in [4.69, 9.17) is 5.73 Å². The monoisotopic (exact) mass is 349 g/mol. The van der Waals surface area contributed by atoms with E-state index in [1.807, 2.05) is 43.5 Å². The molecule has 1 aromatic carbocycles. The molecule has 0 spiro atoms. The summed E-state index contributed by atoms with van der Waals surface area (Å²) in [6.45, 7) is 5.97. The van der Waals surface area contributed by atoms with E-state index in [0.29, 0.717) is 5.82 Å². The van der Waals surface area contributed by atoms with E-state index in [-0.39, 0.29) is 5.82 Å². The quantitative estimate of drug-likeness (QED) is 0.578. The van der Waals surface area contributed by atoms with Gasteiger partial charge in [0.05, 0.1) is 17.6 Å². The molecular formula is C20H20FN5. The van der Waals surface area contributed by atoms with Crippen LogP contribution >= 0.6 is 0 Å². The number of nitrogens with two attached hydrogens (primary N) is 1. The highest BCUT2D eigenvalue weighted by Crippen LogP contribution is 2.28. The number of nitrogens with zero attached hydrogens (tertiary/aromatic N) is 4. The topological polar surface area (TPSA) is 69.1 Å². The van der Waals surface area contributed by atoms with Crippen molar-refractivity contribution in [3.05, 3.63) is 66.5 Å². The van der Waals surface area contributed by atoms with Crippen molar-refractivity contribution in [3.8, 4) is 22.5 Å². The van der Waals surface area contributed by atoms with Crippen LogP contribution in [0.5, 0.6) is 0 Å². The highest BCUT2D eigenvalue weighted by atomic mass is 19.1. The number of hydrogen-bond acceptors (Lipinski definition) is 4. The van der Waals surface area contributed by atoms with E-state index in [0.717, 1.165) is 33.9 Å². The molecule has 0 fully saturated rings. The van der Waals surface area contributed by atoms with Crippen LogP contribution in [-0.2, 0) is 0 Å². The number of aryl methyl sites for hydroxylation is 1. The van der Waals surface area contributed by atoms with Gasteiger partial charge in [-0.15, -0.1) is 0 Å². The maximum atomic E-state index is 13.1. The zero-order chi connectivity index (χ0) is 18.7. The average Bonchev–Trinajstić information content (AvgIpc) is 3.00. The van der Waals surface area contributed by atoms with Crippen LogP contribution in [0.15, 0.2) is 55.0 Å². The van der Waals surface area contributed by atoms with Gasteiger partial charge in [-0.1, -0.05) is 13.8 Å². The van der Waals surface area contributed by atoms with E-state index in [1.165, 1.54) is 12.1 Å². The van der Waals surface area contributed by atoms with Crippen LogP contribution in [0.4, 0.5) is 10.2 Å². The van der Waals surface area contributed by atoms with Gasteiger partial charge in [-0.2, -0.15) is 0 Å². The first-order valence-electron chi connectivity index (χ1n) is 8.45. The van der Waals surface area contributed by atoms with Crippen molar-refractivity contribution in [2.75, 3.05) is 5.73 Å². The van der Waals surface area contributed by atoms with E-state index in [1.54, 1.807) is 24.5 Å². The zero-order valence-corrected chi connectivity index (χ0v) is 14.9. The van der Waals surface area contributed by atoms with Gasteiger partial charge in [-0.3, -0.25) is 4.98 Å². The second-order valence-corrected chi connectivity index (χ2v) is 5.49. The first-order valence-corrected chi connectivity index (χ1v) is 8.45. The maximum absolute atomic E-state index is 13.1. The minimum atomic E-state index is -0.270. The highest BCUT2D eigenvalue weighted by Gasteiger charge is 2.14.